The molecule has 0 radical (unpaired) electrons. The van der Waals surface area contributed by atoms with Crippen molar-refractivity contribution in [1.82, 2.24) is 4.31 Å². The fourth-order valence-electron chi connectivity index (χ4n) is 1.36. The number of non-ortho nitro benzene ring substituents is 1. The first-order valence-electron chi connectivity index (χ1n) is 5.11. The van der Waals surface area contributed by atoms with Gasteiger partial charge in [-0.15, -0.1) is 6.42 Å². The van der Waals surface area contributed by atoms with Gasteiger partial charge in [0.2, 0.25) is 10.0 Å². The molecule has 96 valence electrons. The van der Waals surface area contributed by atoms with E-state index in [0.717, 1.165) is 16.4 Å². The molecule has 0 aromatic heterocycles. The first-order chi connectivity index (χ1) is 8.43. The summed E-state index contributed by atoms with van der Waals surface area (Å²) in [6.45, 7) is 1.87. The van der Waals surface area contributed by atoms with Crippen LogP contribution in [0.1, 0.15) is 6.92 Å². The lowest BCUT2D eigenvalue weighted by Crippen LogP contribution is -2.31. The normalized spacial score (nSPS) is 11.2. The summed E-state index contributed by atoms with van der Waals surface area (Å²) in [4.78, 5) is 9.88. The van der Waals surface area contributed by atoms with E-state index in [1.54, 1.807) is 6.92 Å². The quantitative estimate of drug-likeness (QED) is 0.457. The molecule has 0 aliphatic heterocycles. The van der Waals surface area contributed by atoms with Crippen molar-refractivity contribution in [3.8, 4) is 12.3 Å². The third-order valence-electron chi connectivity index (χ3n) is 2.31. The molecule has 0 atom stereocenters. The van der Waals surface area contributed by atoms with Gasteiger partial charge in [-0.3, -0.25) is 10.1 Å². The second-order valence-corrected chi connectivity index (χ2v) is 5.32. The molecular formula is C11H12N2O4S. The number of nitro benzene ring substituents is 1. The van der Waals surface area contributed by atoms with Gasteiger partial charge < -0.3 is 0 Å². The van der Waals surface area contributed by atoms with Crippen molar-refractivity contribution in [2.24, 2.45) is 0 Å². The van der Waals surface area contributed by atoms with Gasteiger partial charge in [0.25, 0.3) is 5.69 Å². The molecule has 0 aliphatic rings. The number of terminal acetylenes is 1. The molecule has 18 heavy (non-hydrogen) atoms. The summed E-state index contributed by atoms with van der Waals surface area (Å²) in [5, 5.41) is 10.5. The molecule has 0 unspecified atom stereocenters. The largest absolute Gasteiger partial charge is 0.269 e. The molecule has 0 fully saturated rings. The number of hydrogen-bond acceptors (Lipinski definition) is 4. The third-order valence-corrected chi connectivity index (χ3v) is 4.24. The summed E-state index contributed by atoms with van der Waals surface area (Å²) >= 11 is 0. The van der Waals surface area contributed by atoms with Crippen LogP contribution in [-0.2, 0) is 10.0 Å². The first-order valence-corrected chi connectivity index (χ1v) is 6.55. The molecule has 1 aromatic carbocycles. The highest BCUT2D eigenvalue weighted by Crippen LogP contribution is 2.19. The molecule has 0 aliphatic carbocycles. The Bertz CT molecular complexity index is 572. The van der Waals surface area contributed by atoms with Gasteiger partial charge in [0.1, 0.15) is 0 Å². The zero-order valence-corrected chi connectivity index (χ0v) is 10.6. The number of nitrogens with zero attached hydrogens (tertiary/aromatic N) is 2. The lowest BCUT2D eigenvalue weighted by molar-refractivity contribution is -0.384. The predicted octanol–water partition coefficient (Wildman–Crippen LogP) is 1.24. The maximum absolute atomic E-state index is 12.1. The summed E-state index contributed by atoms with van der Waals surface area (Å²) in [6.07, 6.45) is 5.10. The predicted molar refractivity (Wildman–Crippen MR) is 66.4 cm³/mol. The molecule has 1 rings (SSSR count). The average Bonchev–Trinajstić information content (AvgIpc) is 2.35. The molecule has 0 saturated carbocycles. The number of nitro groups is 1. The minimum Gasteiger partial charge on any atom is -0.258 e. The van der Waals surface area contributed by atoms with E-state index in [1.165, 1.54) is 12.1 Å². The van der Waals surface area contributed by atoms with E-state index >= 15 is 0 Å². The Labute approximate surface area is 105 Å². The van der Waals surface area contributed by atoms with Crippen molar-refractivity contribution in [2.75, 3.05) is 13.1 Å². The van der Waals surface area contributed by atoms with E-state index in [1.807, 2.05) is 0 Å². The van der Waals surface area contributed by atoms with E-state index in [2.05, 4.69) is 5.92 Å². The van der Waals surface area contributed by atoms with E-state index < -0.39 is 14.9 Å². The number of hydrogen-bond donors (Lipinski definition) is 0. The summed E-state index contributed by atoms with van der Waals surface area (Å²) in [5.74, 6) is 2.26. The van der Waals surface area contributed by atoms with Gasteiger partial charge in [-0.25, -0.2) is 8.42 Å². The molecule has 1 aromatic rings. The molecular weight excluding hydrogens is 256 g/mol. The van der Waals surface area contributed by atoms with Gasteiger partial charge in [0.05, 0.1) is 16.4 Å². The lowest BCUT2D eigenvalue weighted by Gasteiger charge is -2.17. The molecule has 0 heterocycles. The van der Waals surface area contributed by atoms with E-state index in [-0.39, 0.29) is 23.7 Å². The fraction of sp³-hybridized carbons (Fsp3) is 0.273. The summed E-state index contributed by atoms with van der Waals surface area (Å²) in [6, 6.07) is 4.70. The van der Waals surface area contributed by atoms with Crippen LogP contribution in [0.2, 0.25) is 0 Å². The summed E-state index contributed by atoms with van der Waals surface area (Å²) in [7, 11) is -3.69. The van der Waals surface area contributed by atoms with Crippen molar-refractivity contribution in [3.05, 3.63) is 34.4 Å². The number of sulfonamides is 1. The van der Waals surface area contributed by atoms with Gasteiger partial charge in [-0.05, 0) is 12.1 Å². The average molecular weight is 268 g/mol. The van der Waals surface area contributed by atoms with Crippen LogP contribution in [-0.4, -0.2) is 30.7 Å². The van der Waals surface area contributed by atoms with Crippen molar-refractivity contribution in [1.29, 1.82) is 0 Å². The number of benzene rings is 1. The first kappa shape index (κ1) is 14.2. The SMILES string of the molecule is C#CCN(CC)S(=O)(=O)c1ccc([N+](=O)[O-])cc1. The Hall–Kier alpha value is -1.91. The Kier molecular flexibility index (Phi) is 4.42. The van der Waals surface area contributed by atoms with Crippen LogP contribution in [0.15, 0.2) is 29.2 Å². The molecule has 7 heteroatoms. The second kappa shape index (κ2) is 5.62. The maximum Gasteiger partial charge on any atom is 0.269 e. The van der Waals surface area contributed by atoms with Crippen LogP contribution in [0.3, 0.4) is 0 Å². The van der Waals surface area contributed by atoms with Crippen LogP contribution in [0.5, 0.6) is 0 Å². The zero-order chi connectivity index (χ0) is 13.8. The van der Waals surface area contributed by atoms with Gasteiger partial charge in [-0.1, -0.05) is 12.8 Å². The molecule has 0 amide bonds. The highest BCUT2D eigenvalue weighted by atomic mass is 32.2. The Morgan fingerprint density at radius 2 is 1.94 bits per heavy atom. The minimum atomic E-state index is -3.69. The van der Waals surface area contributed by atoms with Crippen LogP contribution < -0.4 is 0 Å². The monoisotopic (exact) mass is 268 g/mol. The Balaban J connectivity index is 3.13. The van der Waals surface area contributed by atoms with Crippen molar-refractivity contribution < 1.29 is 13.3 Å². The van der Waals surface area contributed by atoms with Gasteiger partial charge >= 0.3 is 0 Å². The molecule has 0 saturated heterocycles. The third kappa shape index (κ3) is 2.85. The highest BCUT2D eigenvalue weighted by molar-refractivity contribution is 7.89. The summed E-state index contributed by atoms with van der Waals surface area (Å²) < 4.78 is 25.3. The standard InChI is InChI=1S/C11H12N2O4S/c1-3-9-12(4-2)18(16,17)11-7-5-10(6-8-11)13(14)15/h1,5-8H,4,9H2,2H3. The highest BCUT2D eigenvalue weighted by Gasteiger charge is 2.22. The zero-order valence-electron chi connectivity index (χ0n) is 9.74. The van der Waals surface area contributed by atoms with Crippen LogP contribution >= 0.6 is 0 Å². The lowest BCUT2D eigenvalue weighted by atomic mass is 10.3. The van der Waals surface area contributed by atoms with E-state index in [9.17, 15) is 18.5 Å². The molecule has 0 spiro atoms. The smallest absolute Gasteiger partial charge is 0.258 e. The van der Waals surface area contributed by atoms with Crippen LogP contribution in [0.4, 0.5) is 5.69 Å². The summed E-state index contributed by atoms with van der Waals surface area (Å²) in [5.41, 5.74) is -0.158. The van der Waals surface area contributed by atoms with Gasteiger partial charge in [0.15, 0.2) is 0 Å². The fourth-order valence-corrected chi connectivity index (χ4v) is 2.72. The maximum atomic E-state index is 12.1. The molecule has 6 nitrogen and oxygen atoms in total. The van der Waals surface area contributed by atoms with Gasteiger partial charge in [-0.2, -0.15) is 4.31 Å². The van der Waals surface area contributed by atoms with Crippen LogP contribution in [0.25, 0.3) is 0 Å². The number of rotatable bonds is 5. The second-order valence-electron chi connectivity index (χ2n) is 3.39. The van der Waals surface area contributed by atoms with E-state index in [0.29, 0.717) is 0 Å². The van der Waals surface area contributed by atoms with E-state index in [4.69, 9.17) is 6.42 Å². The Morgan fingerprint density at radius 1 is 1.39 bits per heavy atom. The van der Waals surface area contributed by atoms with Gasteiger partial charge in [0, 0.05) is 18.7 Å². The molecule has 0 N–H and O–H groups in total. The van der Waals surface area contributed by atoms with Crippen molar-refractivity contribution in [2.45, 2.75) is 11.8 Å². The van der Waals surface area contributed by atoms with Crippen molar-refractivity contribution in [3.63, 3.8) is 0 Å². The van der Waals surface area contributed by atoms with Crippen molar-refractivity contribution >= 4 is 15.7 Å². The molecule has 0 bridgehead atoms. The Morgan fingerprint density at radius 3 is 2.33 bits per heavy atom. The van der Waals surface area contributed by atoms with Crippen LogP contribution in [0, 0.1) is 22.5 Å². The topological polar surface area (TPSA) is 80.5 Å². The minimum absolute atomic E-state index is 0.00907.